The molecule has 0 saturated carbocycles. The van der Waals surface area contributed by atoms with Gasteiger partial charge in [-0.25, -0.2) is 4.79 Å². The molecule has 0 radical (unpaired) electrons. The molecule has 1 rings (SSSR count). The number of aromatic nitrogens is 1. The van der Waals surface area contributed by atoms with Crippen molar-refractivity contribution in [2.75, 3.05) is 14.2 Å². The Bertz CT molecular complexity index is 464. The van der Waals surface area contributed by atoms with E-state index in [9.17, 15) is 14.5 Å². The molecule has 2 unspecified atom stereocenters. The van der Waals surface area contributed by atoms with Crippen molar-refractivity contribution in [2.45, 2.75) is 24.3 Å². The van der Waals surface area contributed by atoms with Crippen LogP contribution in [0.4, 0.5) is 0 Å². The first-order chi connectivity index (χ1) is 9.52. The fourth-order valence-corrected chi connectivity index (χ4v) is 2.71. The van der Waals surface area contributed by atoms with Crippen LogP contribution in [0.3, 0.4) is 0 Å². The minimum absolute atomic E-state index is 0.153. The predicted molar refractivity (Wildman–Crippen MR) is 68.9 cm³/mol. The number of methoxy groups -OCH3 is 1. The van der Waals surface area contributed by atoms with Crippen LogP contribution in [0, 0.1) is 0 Å². The zero-order valence-electron chi connectivity index (χ0n) is 11.4. The molecule has 20 heavy (non-hydrogen) atoms. The minimum atomic E-state index is -2.46. The van der Waals surface area contributed by atoms with Gasteiger partial charge in [0.1, 0.15) is 5.60 Å². The number of aliphatic hydroxyl groups is 1. The largest absolute Gasteiger partial charge is 0.388 e. The van der Waals surface area contributed by atoms with Gasteiger partial charge in [-0.05, 0) is 12.5 Å². The van der Waals surface area contributed by atoms with Crippen molar-refractivity contribution < 1.29 is 29.0 Å². The van der Waals surface area contributed by atoms with Crippen molar-refractivity contribution in [1.82, 2.24) is 4.98 Å². The average Bonchev–Trinajstić information content (AvgIpc) is 2.50. The van der Waals surface area contributed by atoms with Gasteiger partial charge in [0.2, 0.25) is 8.46 Å². The first kappa shape index (κ1) is 16.7. The van der Waals surface area contributed by atoms with Crippen molar-refractivity contribution in [3.05, 3.63) is 30.1 Å². The Labute approximate surface area is 118 Å². The SMILES string of the molecule is CCC(OC)(c1cccnc1)C(O)(P=O)C(=O)OOC. The highest BCUT2D eigenvalue weighted by atomic mass is 31.1. The molecular formula is C12H16NO6P. The molecule has 2 atom stereocenters. The summed E-state index contributed by atoms with van der Waals surface area (Å²) >= 11 is 0. The molecule has 0 spiro atoms. The molecule has 1 heterocycles. The van der Waals surface area contributed by atoms with Crippen LogP contribution in [0.5, 0.6) is 0 Å². The summed E-state index contributed by atoms with van der Waals surface area (Å²) in [6, 6.07) is 3.22. The molecule has 110 valence electrons. The lowest BCUT2D eigenvalue weighted by Gasteiger charge is -2.39. The summed E-state index contributed by atoms with van der Waals surface area (Å²) in [6.45, 7) is 1.67. The van der Waals surface area contributed by atoms with Gasteiger partial charge in [-0.3, -0.25) is 14.4 Å². The van der Waals surface area contributed by atoms with E-state index in [2.05, 4.69) is 14.8 Å². The number of carbonyl (C=O) groups is 1. The molecule has 1 N–H and O–H groups in total. The van der Waals surface area contributed by atoms with E-state index in [4.69, 9.17) is 4.74 Å². The molecule has 0 aromatic carbocycles. The first-order valence-corrected chi connectivity index (χ1v) is 6.61. The number of rotatable bonds is 7. The third-order valence-electron chi connectivity index (χ3n) is 3.11. The maximum Gasteiger partial charge on any atom is 0.388 e. The van der Waals surface area contributed by atoms with E-state index in [0.29, 0.717) is 5.56 Å². The number of nitrogens with zero attached hydrogens (tertiary/aromatic N) is 1. The van der Waals surface area contributed by atoms with Crippen LogP contribution in [-0.4, -0.2) is 35.6 Å². The van der Waals surface area contributed by atoms with Gasteiger partial charge < -0.3 is 9.84 Å². The molecule has 1 aromatic rings. The maximum atomic E-state index is 11.9. The zero-order chi connectivity index (χ0) is 15.2. The second-order valence-corrected chi connectivity index (χ2v) is 4.76. The first-order valence-electron chi connectivity index (χ1n) is 5.80. The topological polar surface area (TPSA) is 95.0 Å². The van der Waals surface area contributed by atoms with E-state index in [0.717, 1.165) is 7.11 Å². The minimum Gasteiger partial charge on any atom is -0.369 e. The van der Waals surface area contributed by atoms with Gasteiger partial charge in [-0.2, -0.15) is 4.89 Å². The van der Waals surface area contributed by atoms with Gasteiger partial charge in [-0.15, -0.1) is 0 Å². The highest BCUT2D eigenvalue weighted by molar-refractivity contribution is 7.27. The fourth-order valence-electron chi connectivity index (χ4n) is 2.07. The second-order valence-electron chi connectivity index (χ2n) is 3.93. The summed E-state index contributed by atoms with van der Waals surface area (Å²) in [5.74, 6) is -1.22. The lowest BCUT2D eigenvalue weighted by atomic mass is 9.85. The standard InChI is InChI=1S/C12H16NO6P/c1-4-11(17-2,9-6-5-7-13-8-9)12(15,20-16)10(14)19-18-3/h5-8,15H,4H2,1-3H3. The molecule has 7 nitrogen and oxygen atoms in total. The molecule has 1 aromatic heterocycles. The normalized spacial score (nSPS) is 17.2. The van der Waals surface area contributed by atoms with Crippen LogP contribution >= 0.6 is 8.46 Å². The quantitative estimate of drug-likeness (QED) is 0.462. The summed E-state index contributed by atoms with van der Waals surface area (Å²) in [5.41, 5.74) is -1.19. The Kier molecular flexibility index (Phi) is 5.71. The highest BCUT2D eigenvalue weighted by Crippen LogP contribution is 2.46. The van der Waals surface area contributed by atoms with E-state index >= 15 is 0 Å². The molecule has 0 saturated heterocycles. The molecule has 0 fully saturated rings. The number of pyridine rings is 1. The molecule has 0 aliphatic rings. The van der Waals surface area contributed by atoms with Gasteiger partial charge in [0.05, 0.1) is 7.11 Å². The molecule has 0 bridgehead atoms. The van der Waals surface area contributed by atoms with Crippen molar-refractivity contribution in [1.29, 1.82) is 0 Å². The van der Waals surface area contributed by atoms with Crippen molar-refractivity contribution >= 4 is 14.4 Å². The second kappa shape index (κ2) is 6.85. The highest BCUT2D eigenvalue weighted by Gasteiger charge is 2.60. The Morgan fingerprint density at radius 3 is 2.60 bits per heavy atom. The Balaban J connectivity index is 3.43. The predicted octanol–water partition coefficient (Wildman–Crippen LogP) is 1.42. The Morgan fingerprint density at radius 2 is 2.20 bits per heavy atom. The number of ether oxygens (including phenoxy) is 1. The number of hydrogen-bond donors (Lipinski definition) is 1. The summed E-state index contributed by atoms with van der Waals surface area (Å²) in [5, 5.41) is 8.09. The molecule has 0 amide bonds. The lowest BCUT2D eigenvalue weighted by Crippen LogP contribution is -2.55. The molecule has 0 aliphatic heterocycles. The Hall–Kier alpha value is -1.40. The average molecular weight is 301 g/mol. The molecule has 0 aliphatic carbocycles. The third-order valence-corrected chi connectivity index (χ3v) is 3.92. The van der Waals surface area contributed by atoms with Crippen molar-refractivity contribution in [2.24, 2.45) is 0 Å². The van der Waals surface area contributed by atoms with Crippen molar-refractivity contribution in [3.63, 3.8) is 0 Å². The molecule has 8 heteroatoms. The van der Waals surface area contributed by atoms with Crippen LogP contribution in [0.1, 0.15) is 18.9 Å². The van der Waals surface area contributed by atoms with E-state index in [1.807, 2.05) is 0 Å². The van der Waals surface area contributed by atoms with Crippen LogP contribution in [0.15, 0.2) is 24.5 Å². The van der Waals surface area contributed by atoms with Gasteiger partial charge >= 0.3 is 5.97 Å². The van der Waals surface area contributed by atoms with Crippen LogP contribution in [0.2, 0.25) is 0 Å². The van der Waals surface area contributed by atoms with Crippen LogP contribution in [0.25, 0.3) is 0 Å². The van der Waals surface area contributed by atoms with Gasteiger partial charge in [0.25, 0.3) is 5.34 Å². The van der Waals surface area contributed by atoms with Crippen LogP contribution in [-0.2, 0) is 29.5 Å². The smallest absolute Gasteiger partial charge is 0.369 e. The van der Waals surface area contributed by atoms with E-state index < -0.39 is 25.4 Å². The van der Waals surface area contributed by atoms with E-state index in [1.165, 1.54) is 19.5 Å². The van der Waals surface area contributed by atoms with Gasteiger partial charge in [-0.1, -0.05) is 13.0 Å². The molecular weight excluding hydrogens is 285 g/mol. The number of carbonyl (C=O) groups excluding carboxylic acids is 1. The zero-order valence-corrected chi connectivity index (χ0v) is 12.3. The summed E-state index contributed by atoms with van der Waals surface area (Å²) in [6.07, 6.45) is 3.10. The van der Waals surface area contributed by atoms with Crippen LogP contribution < -0.4 is 0 Å². The van der Waals surface area contributed by atoms with Gasteiger partial charge in [0.15, 0.2) is 0 Å². The summed E-state index contributed by atoms with van der Waals surface area (Å²) < 4.78 is 16.8. The Morgan fingerprint density at radius 1 is 1.50 bits per heavy atom. The maximum absolute atomic E-state index is 11.9. The van der Waals surface area contributed by atoms with Gasteiger partial charge in [0, 0.05) is 25.1 Å². The monoisotopic (exact) mass is 301 g/mol. The van der Waals surface area contributed by atoms with E-state index in [1.54, 1.807) is 19.1 Å². The summed E-state index contributed by atoms with van der Waals surface area (Å²) in [7, 11) is 1.53. The fraction of sp³-hybridized carbons (Fsp3) is 0.500. The lowest BCUT2D eigenvalue weighted by molar-refractivity contribution is -0.275. The number of hydrogen-bond acceptors (Lipinski definition) is 7. The third kappa shape index (κ3) is 2.58. The van der Waals surface area contributed by atoms with E-state index in [-0.39, 0.29) is 6.42 Å². The van der Waals surface area contributed by atoms with Crippen molar-refractivity contribution in [3.8, 4) is 0 Å². The summed E-state index contributed by atoms with van der Waals surface area (Å²) in [4.78, 5) is 24.4.